The Balaban J connectivity index is 1.61. The van der Waals surface area contributed by atoms with E-state index in [0.717, 1.165) is 45.3 Å². The van der Waals surface area contributed by atoms with Gasteiger partial charge in [-0.25, -0.2) is 4.98 Å². The molecule has 1 unspecified atom stereocenters. The molecule has 2 heterocycles. The fourth-order valence-electron chi connectivity index (χ4n) is 2.49. The van der Waals surface area contributed by atoms with Crippen LogP contribution in [-0.4, -0.2) is 34.1 Å². The normalized spacial score (nSPS) is 23.2. The molecule has 1 atom stereocenters. The van der Waals surface area contributed by atoms with Gasteiger partial charge in [-0.1, -0.05) is 0 Å². The lowest BCUT2D eigenvalue weighted by Crippen LogP contribution is -2.57. The number of rotatable bonds is 6. The summed E-state index contributed by atoms with van der Waals surface area (Å²) in [6.45, 7) is 4.67. The number of imidazole rings is 1. The van der Waals surface area contributed by atoms with Crippen molar-refractivity contribution in [1.29, 1.82) is 0 Å². The second-order valence-corrected chi connectivity index (χ2v) is 5.48. The highest BCUT2D eigenvalue weighted by molar-refractivity contribution is 5.85. The lowest BCUT2D eigenvalue weighted by atomic mass is 9.90. The number of unbranched alkanes of at least 4 members (excludes halogenated alkanes) is 1. The van der Waals surface area contributed by atoms with E-state index in [9.17, 15) is 4.79 Å². The second kappa shape index (κ2) is 6.70. The molecule has 0 aromatic carbocycles. The van der Waals surface area contributed by atoms with E-state index in [4.69, 9.17) is 0 Å². The van der Waals surface area contributed by atoms with E-state index in [1.165, 1.54) is 6.42 Å². The summed E-state index contributed by atoms with van der Waals surface area (Å²) in [7, 11) is 0. The molecule has 0 radical (unpaired) electrons. The minimum absolute atomic E-state index is 0.148. The zero-order chi connectivity index (χ0) is 13.6. The Morgan fingerprint density at radius 1 is 1.47 bits per heavy atom. The Bertz CT molecular complexity index is 382. The van der Waals surface area contributed by atoms with Crippen molar-refractivity contribution in [2.75, 3.05) is 13.1 Å². The summed E-state index contributed by atoms with van der Waals surface area (Å²) in [5, 5.41) is 6.38. The monoisotopic (exact) mass is 264 g/mol. The average molecular weight is 264 g/mol. The maximum absolute atomic E-state index is 12.1. The van der Waals surface area contributed by atoms with Crippen LogP contribution in [0.1, 0.15) is 39.0 Å². The molecule has 1 amide bonds. The van der Waals surface area contributed by atoms with E-state index in [-0.39, 0.29) is 11.4 Å². The summed E-state index contributed by atoms with van der Waals surface area (Å²) in [5.41, 5.74) is -0.359. The first-order valence-corrected chi connectivity index (χ1v) is 7.20. The number of piperidine rings is 1. The third kappa shape index (κ3) is 4.06. The maximum Gasteiger partial charge on any atom is 0.240 e. The van der Waals surface area contributed by atoms with Gasteiger partial charge in [-0.3, -0.25) is 4.79 Å². The molecule has 2 rings (SSSR count). The SMILES string of the molecule is CC1(C(=O)NCCCCn2ccnc2)CCCCN1. The standard InChI is InChI=1S/C14H24N4O/c1-14(6-2-3-8-17-14)13(19)16-7-4-5-10-18-11-9-15-12-18/h9,11-12,17H,2-8,10H2,1H3,(H,16,19). The van der Waals surface area contributed by atoms with Gasteiger partial charge in [0.2, 0.25) is 5.91 Å². The van der Waals surface area contributed by atoms with Crippen molar-refractivity contribution in [2.24, 2.45) is 0 Å². The average Bonchev–Trinajstić information content (AvgIpc) is 2.92. The van der Waals surface area contributed by atoms with Crippen LogP contribution in [-0.2, 0) is 11.3 Å². The number of hydrogen-bond donors (Lipinski definition) is 2. The summed E-state index contributed by atoms with van der Waals surface area (Å²) in [6.07, 6.45) is 10.9. The molecule has 5 nitrogen and oxygen atoms in total. The smallest absolute Gasteiger partial charge is 0.240 e. The van der Waals surface area contributed by atoms with Crippen molar-refractivity contribution in [3.63, 3.8) is 0 Å². The van der Waals surface area contributed by atoms with Gasteiger partial charge in [-0.05, 0) is 45.6 Å². The Morgan fingerprint density at radius 2 is 2.37 bits per heavy atom. The molecule has 19 heavy (non-hydrogen) atoms. The van der Waals surface area contributed by atoms with E-state index in [1.54, 1.807) is 6.20 Å². The third-order valence-corrected chi connectivity index (χ3v) is 3.81. The minimum atomic E-state index is -0.359. The van der Waals surface area contributed by atoms with Crippen LogP contribution in [0.15, 0.2) is 18.7 Å². The number of carbonyl (C=O) groups excluding carboxylic acids is 1. The Kier molecular flexibility index (Phi) is 4.96. The Labute approximate surface area is 114 Å². The number of aryl methyl sites for hydroxylation is 1. The first-order chi connectivity index (χ1) is 9.21. The largest absolute Gasteiger partial charge is 0.355 e. The van der Waals surface area contributed by atoms with Crippen LogP contribution in [0.5, 0.6) is 0 Å². The first-order valence-electron chi connectivity index (χ1n) is 7.20. The lowest BCUT2D eigenvalue weighted by Gasteiger charge is -2.33. The van der Waals surface area contributed by atoms with Gasteiger partial charge in [0.1, 0.15) is 0 Å². The molecular formula is C14H24N4O. The molecule has 106 valence electrons. The quantitative estimate of drug-likeness (QED) is 0.762. The molecule has 1 aliphatic heterocycles. The van der Waals surface area contributed by atoms with Gasteiger partial charge in [0.15, 0.2) is 0 Å². The third-order valence-electron chi connectivity index (χ3n) is 3.81. The molecule has 0 aliphatic carbocycles. The van der Waals surface area contributed by atoms with Gasteiger partial charge in [0.25, 0.3) is 0 Å². The van der Waals surface area contributed by atoms with Crippen LogP contribution in [0.2, 0.25) is 0 Å². The summed E-state index contributed by atoms with van der Waals surface area (Å²) >= 11 is 0. The molecule has 1 aromatic heterocycles. The molecule has 0 spiro atoms. The van der Waals surface area contributed by atoms with E-state index >= 15 is 0 Å². The second-order valence-electron chi connectivity index (χ2n) is 5.48. The number of nitrogens with zero attached hydrogens (tertiary/aromatic N) is 2. The molecule has 1 fully saturated rings. The summed E-state index contributed by atoms with van der Waals surface area (Å²) in [6, 6.07) is 0. The van der Waals surface area contributed by atoms with Crippen LogP contribution in [0.25, 0.3) is 0 Å². The molecule has 2 N–H and O–H groups in total. The number of aromatic nitrogens is 2. The highest BCUT2D eigenvalue weighted by Crippen LogP contribution is 2.18. The van der Waals surface area contributed by atoms with Crippen molar-refractivity contribution in [3.05, 3.63) is 18.7 Å². The number of amides is 1. The van der Waals surface area contributed by atoms with Gasteiger partial charge in [0.05, 0.1) is 11.9 Å². The van der Waals surface area contributed by atoms with Crippen LogP contribution in [0, 0.1) is 0 Å². The molecule has 1 saturated heterocycles. The van der Waals surface area contributed by atoms with Crippen molar-refractivity contribution in [2.45, 2.75) is 51.1 Å². The van der Waals surface area contributed by atoms with Crippen molar-refractivity contribution >= 4 is 5.91 Å². The predicted octanol–water partition coefficient (Wildman–Crippen LogP) is 1.31. The predicted molar refractivity (Wildman–Crippen MR) is 74.7 cm³/mol. The van der Waals surface area contributed by atoms with Crippen LogP contribution in [0.3, 0.4) is 0 Å². The fourth-order valence-corrected chi connectivity index (χ4v) is 2.49. The van der Waals surface area contributed by atoms with Gasteiger partial charge >= 0.3 is 0 Å². The summed E-state index contributed by atoms with van der Waals surface area (Å²) in [4.78, 5) is 16.1. The van der Waals surface area contributed by atoms with E-state index < -0.39 is 0 Å². The number of hydrogen-bond acceptors (Lipinski definition) is 3. The topological polar surface area (TPSA) is 59.0 Å². The lowest BCUT2D eigenvalue weighted by molar-refractivity contribution is -0.127. The first kappa shape index (κ1) is 14.1. The highest BCUT2D eigenvalue weighted by Gasteiger charge is 2.33. The van der Waals surface area contributed by atoms with Crippen molar-refractivity contribution < 1.29 is 4.79 Å². The molecule has 5 heteroatoms. The minimum Gasteiger partial charge on any atom is -0.355 e. The Hall–Kier alpha value is -1.36. The van der Waals surface area contributed by atoms with Crippen LogP contribution >= 0.6 is 0 Å². The Morgan fingerprint density at radius 3 is 3.05 bits per heavy atom. The van der Waals surface area contributed by atoms with E-state index in [0.29, 0.717) is 0 Å². The summed E-state index contributed by atoms with van der Waals surface area (Å²) in [5.74, 6) is 0.148. The highest BCUT2D eigenvalue weighted by atomic mass is 16.2. The van der Waals surface area contributed by atoms with Crippen LogP contribution < -0.4 is 10.6 Å². The molecule has 0 bridgehead atoms. The van der Waals surface area contributed by atoms with Crippen molar-refractivity contribution in [3.8, 4) is 0 Å². The zero-order valence-electron chi connectivity index (χ0n) is 11.7. The molecule has 1 aromatic rings. The molecule has 1 aliphatic rings. The fraction of sp³-hybridized carbons (Fsp3) is 0.714. The summed E-state index contributed by atoms with van der Waals surface area (Å²) < 4.78 is 2.06. The van der Waals surface area contributed by atoms with Gasteiger partial charge in [-0.2, -0.15) is 0 Å². The molecular weight excluding hydrogens is 240 g/mol. The van der Waals surface area contributed by atoms with Crippen molar-refractivity contribution in [1.82, 2.24) is 20.2 Å². The number of nitrogens with one attached hydrogen (secondary N) is 2. The van der Waals surface area contributed by atoms with Crippen LogP contribution in [0.4, 0.5) is 0 Å². The van der Waals surface area contributed by atoms with Gasteiger partial charge in [0, 0.05) is 25.5 Å². The zero-order valence-corrected chi connectivity index (χ0v) is 11.7. The van der Waals surface area contributed by atoms with Gasteiger partial charge < -0.3 is 15.2 Å². The van der Waals surface area contributed by atoms with Gasteiger partial charge in [-0.15, -0.1) is 0 Å². The molecule has 0 saturated carbocycles. The maximum atomic E-state index is 12.1. The van der Waals surface area contributed by atoms with E-state index in [1.807, 2.05) is 19.4 Å². The van der Waals surface area contributed by atoms with E-state index in [2.05, 4.69) is 20.2 Å². The number of carbonyl (C=O) groups is 1.